The Kier molecular flexibility index (Phi) is 4.09. The number of nitrogens with zero attached hydrogens (tertiary/aromatic N) is 3. The predicted octanol–water partition coefficient (Wildman–Crippen LogP) is 3.91. The molecule has 3 aromatic rings. The summed E-state index contributed by atoms with van der Waals surface area (Å²) in [5, 5.41) is 4.19. The molecule has 0 aliphatic carbocycles. The molecule has 0 fully saturated rings. The van der Waals surface area contributed by atoms with E-state index >= 15 is 0 Å². The largest absolute Gasteiger partial charge is 0.337 e. The fourth-order valence-electron chi connectivity index (χ4n) is 3.52. The van der Waals surface area contributed by atoms with Crippen molar-refractivity contribution >= 4 is 35.1 Å². The van der Waals surface area contributed by atoms with Crippen LogP contribution in [0.2, 0.25) is 0 Å². The number of benzene rings is 2. The van der Waals surface area contributed by atoms with Crippen LogP contribution in [-0.4, -0.2) is 33.2 Å². The maximum atomic E-state index is 12.4. The van der Waals surface area contributed by atoms with Gasteiger partial charge in [-0.3, -0.25) is 14.5 Å². The Morgan fingerprint density at radius 1 is 0.964 bits per heavy atom. The van der Waals surface area contributed by atoms with E-state index in [1.165, 1.54) is 4.90 Å². The van der Waals surface area contributed by atoms with Crippen LogP contribution < -0.4 is 5.32 Å². The topological polar surface area (TPSA) is 75.2 Å². The van der Waals surface area contributed by atoms with E-state index in [1.54, 1.807) is 48.4 Å². The van der Waals surface area contributed by atoms with Crippen LogP contribution in [0, 0.1) is 0 Å². The molecular weight excluding hydrogens is 372 g/mol. The Hall–Kier alpha value is -3.19. The summed E-state index contributed by atoms with van der Waals surface area (Å²) in [5.74, 6) is 0.377. The molecule has 0 unspecified atom stereocenters. The number of fused-ring (bicyclic) bond motifs is 3. The van der Waals surface area contributed by atoms with Crippen molar-refractivity contribution in [3.05, 3.63) is 71.5 Å². The SMILES string of the molecule is O=C1c2ccccc2C(=O)N1CCCc1ccc2c(c1)Nc1nccnc1S2. The highest BCUT2D eigenvalue weighted by molar-refractivity contribution is 7.99. The van der Waals surface area contributed by atoms with E-state index in [0.717, 1.165) is 33.4 Å². The van der Waals surface area contributed by atoms with E-state index in [0.29, 0.717) is 24.1 Å². The van der Waals surface area contributed by atoms with Gasteiger partial charge in [-0.25, -0.2) is 9.97 Å². The zero-order valence-electron chi connectivity index (χ0n) is 14.9. The second kappa shape index (κ2) is 6.76. The Morgan fingerprint density at radius 3 is 2.50 bits per heavy atom. The number of imide groups is 1. The van der Waals surface area contributed by atoms with Gasteiger partial charge in [-0.2, -0.15) is 0 Å². The fraction of sp³-hybridized carbons (Fsp3) is 0.143. The van der Waals surface area contributed by atoms with Gasteiger partial charge >= 0.3 is 0 Å². The smallest absolute Gasteiger partial charge is 0.261 e. The van der Waals surface area contributed by atoms with Crippen LogP contribution in [0.15, 0.2) is 64.8 Å². The lowest BCUT2D eigenvalue weighted by Crippen LogP contribution is -2.30. The third kappa shape index (κ3) is 2.84. The normalized spacial score (nSPS) is 14.4. The van der Waals surface area contributed by atoms with Gasteiger partial charge in [-0.1, -0.05) is 30.0 Å². The number of carbonyl (C=O) groups excluding carboxylic acids is 2. The highest BCUT2D eigenvalue weighted by atomic mass is 32.2. The van der Waals surface area contributed by atoms with Crippen LogP contribution in [0.3, 0.4) is 0 Å². The molecule has 2 aliphatic heterocycles. The average Bonchev–Trinajstić information content (AvgIpc) is 2.97. The van der Waals surface area contributed by atoms with Crippen LogP contribution in [0.1, 0.15) is 32.7 Å². The van der Waals surface area contributed by atoms with Gasteiger partial charge in [0.05, 0.1) is 16.8 Å². The molecule has 0 bridgehead atoms. The number of hydrogen-bond donors (Lipinski definition) is 1. The molecule has 3 heterocycles. The van der Waals surface area contributed by atoms with Crippen LogP contribution in [0.4, 0.5) is 11.5 Å². The van der Waals surface area contributed by atoms with E-state index in [9.17, 15) is 9.59 Å². The van der Waals surface area contributed by atoms with Gasteiger partial charge in [-0.05, 0) is 42.7 Å². The first-order valence-electron chi connectivity index (χ1n) is 9.05. The Bertz CT molecular complexity index is 1080. The molecule has 138 valence electrons. The fourth-order valence-corrected chi connectivity index (χ4v) is 4.40. The molecule has 0 saturated carbocycles. The Morgan fingerprint density at radius 2 is 1.71 bits per heavy atom. The summed E-state index contributed by atoms with van der Waals surface area (Å²) < 4.78 is 0. The molecule has 2 amide bonds. The zero-order valence-corrected chi connectivity index (χ0v) is 15.7. The molecule has 2 aromatic carbocycles. The van der Waals surface area contributed by atoms with E-state index in [4.69, 9.17) is 0 Å². The summed E-state index contributed by atoms with van der Waals surface area (Å²) in [6, 6.07) is 13.2. The summed E-state index contributed by atoms with van der Waals surface area (Å²) in [6.45, 7) is 0.417. The van der Waals surface area contributed by atoms with Gasteiger partial charge in [0.2, 0.25) is 0 Å². The first kappa shape index (κ1) is 16.9. The molecule has 0 atom stereocenters. The minimum absolute atomic E-state index is 0.195. The van der Waals surface area contributed by atoms with Crippen molar-refractivity contribution in [3.8, 4) is 0 Å². The molecule has 2 aliphatic rings. The second-order valence-corrected chi connectivity index (χ2v) is 7.71. The summed E-state index contributed by atoms with van der Waals surface area (Å²) in [4.78, 5) is 36.0. The van der Waals surface area contributed by atoms with Gasteiger partial charge < -0.3 is 5.32 Å². The number of aryl methyl sites for hydroxylation is 1. The molecule has 1 aromatic heterocycles. The third-order valence-corrected chi connectivity index (χ3v) is 5.96. The number of anilines is 2. The summed E-state index contributed by atoms with van der Waals surface area (Å²) in [7, 11) is 0. The lowest BCUT2D eigenvalue weighted by atomic mass is 10.1. The van der Waals surface area contributed by atoms with E-state index in [2.05, 4.69) is 33.5 Å². The van der Waals surface area contributed by atoms with Gasteiger partial charge in [-0.15, -0.1) is 0 Å². The molecule has 0 saturated heterocycles. The van der Waals surface area contributed by atoms with Crippen LogP contribution in [0.25, 0.3) is 0 Å². The second-order valence-electron chi connectivity index (χ2n) is 6.68. The van der Waals surface area contributed by atoms with E-state index < -0.39 is 0 Å². The van der Waals surface area contributed by atoms with Crippen LogP contribution in [0.5, 0.6) is 0 Å². The number of nitrogens with one attached hydrogen (secondary N) is 1. The highest BCUT2D eigenvalue weighted by Gasteiger charge is 2.34. The summed E-state index contributed by atoms with van der Waals surface area (Å²) in [6.07, 6.45) is 4.85. The van der Waals surface area contributed by atoms with Gasteiger partial charge in [0.25, 0.3) is 11.8 Å². The monoisotopic (exact) mass is 388 g/mol. The van der Waals surface area contributed by atoms with Gasteiger partial charge in [0, 0.05) is 23.8 Å². The van der Waals surface area contributed by atoms with Crippen molar-refractivity contribution in [1.82, 2.24) is 14.9 Å². The lowest BCUT2D eigenvalue weighted by molar-refractivity contribution is 0.0652. The molecule has 1 N–H and O–H groups in total. The number of hydrogen-bond acceptors (Lipinski definition) is 6. The number of rotatable bonds is 4. The van der Waals surface area contributed by atoms with Crippen LogP contribution >= 0.6 is 11.8 Å². The minimum atomic E-state index is -0.195. The lowest BCUT2D eigenvalue weighted by Gasteiger charge is -2.19. The Balaban J connectivity index is 1.25. The number of carbonyl (C=O) groups is 2. The highest BCUT2D eigenvalue weighted by Crippen LogP contribution is 2.42. The summed E-state index contributed by atoms with van der Waals surface area (Å²) in [5.41, 5.74) is 3.16. The van der Waals surface area contributed by atoms with Crippen molar-refractivity contribution in [2.45, 2.75) is 22.8 Å². The van der Waals surface area contributed by atoms with Crippen molar-refractivity contribution < 1.29 is 9.59 Å². The standard InChI is InChI=1S/C21H16N4O2S/c26-20-14-5-1-2-6-15(14)21(27)25(20)11-3-4-13-7-8-17-16(12-13)24-18-19(28-17)23-10-9-22-18/h1-2,5-10,12H,3-4,11H2,(H,22,24). The minimum Gasteiger partial charge on any atom is -0.337 e. The molecule has 5 rings (SSSR count). The average molecular weight is 388 g/mol. The molecule has 7 heteroatoms. The number of amides is 2. The predicted molar refractivity (Wildman–Crippen MR) is 106 cm³/mol. The van der Waals surface area contributed by atoms with Crippen molar-refractivity contribution in [2.24, 2.45) is 0 Å². The number of aromatic nitrogens is 2. The first-order chi connectivity index (χ1) is 13.7. The molecule has 0 spiro atoms. The van der Waals surface area contributed by atoms with Crippen molar-refractivity contribution in [3.63, 3.8) is 0 Å². The maximum absolute atomic E-state index is 12.4. The van der Waals surface area contributed by atoms with Crippen molar-refractivity contribution in [2.75, 3.05) is 11.9 Å². The van der Waals surface area contributed by atoms with Crippen molar-refractivity contribution in [1.29, 1.82) is 0 Å². The Labute approximate surface area is 166 Å². The van der Waals surface area contributed by atoms with Crippen LogP contribution in [-0.2, 0) is 6.42 Å². The molecule has 28 heavy (non-hydrogen) atoms. The zero-order chi connectivity index (χ0) is 19.1. The van der Waals surface area contributed by atoms with E-state index in [-0.39, 0.29) is 11.8 Å². The maximum Gasteiger partial charge on any atom is 0.261 e. The van der Waals surface area contributed by atoms with E-state index in [1.807, 2.05) is 0 Å². The van der Waals surface area contributed by atoms with Gasteiger partial charge in [0.15, 0.2) is 5.82 Å². The first-order valence-corrected chi connectivity index (χ1v) is 9.86. The molecule has 6 nitrogen and oxygen atoms in total. The van der Waals surface area contributed by atoms with Gasteiger partial charge in [0.1, 0.15) is 5.03 Å². The quantitative estimate of drug-likeness (QED) is 0.534. The molecular formula is C21H16N4O2S. The third-order valence-electron chi connectivity index (χ3n) is 4.89. The summed E-state index contributed by atoms with van der Waals surface area (Å²) >= 11 is 1.60. The molecule has 0 radical (unpaired) electrons.